The summed E-state index contributed by atoms with van der Waals surface area (Å²) >= 11 is 2.56. The summed E-state index contributed by atoms with van der Waals surface area (Å²) < 4.78 is 1.27. The van der Waals surface area contributed by atoms with Crippen LogP contribution in [0, 0.1) is 0 Å². The number of aromatic nitrogens is 3. The van der Waals surface area contributed by atoms with Gasteiger partial charge in [0.15, 0.2) is 0 Å². The van der Waals surface area contributed by atoms with Gasteiger partial charge in [-0.15, -0.1) is 0 Å². The number of hydrogen-bond donors (Lipinski definition) is 1. The van der Waals surface area contributed by atoms with E-state index < -0.39 is 0 Å². The molecule has 0 aliphatic carbocycles. The SMILES string of the molecule is O=c1nc([AsH2])nc([AsH2])[nH]1. The second-order valence-corrected chi connectivity index (χ2v) is 3.63. The summed E-state index contributed by atoms with van der Waals surface area (Å²) in [4.78, 5) is 20.5. The van der Waals surface area contributed by atoms with E-state index in [1.165, 1.54) is 33.7 Å². The zero-order chi connectivity index (χ0) is 6.85. The van der Waals surface area contributed by atoms with Gasteiger partial charge in [0.05, 0.1) is 0 Å². The normalized spacial score (nSPS) is 9.56. The minimum atomic E-state index is -0.302. The molecule has 6 heteroatoms. The van der Waals surface area contributed by atoms with E-state index in [9.17, 15) is 4.79 Å². The Hall–Kier alpha value is -0.0731. The molecule has 0 spiro atoms. The Morgan fingerprint density at radius 3 is 2.44 bits per heavy atom. The first-order chi connectivity index (χ1) is 4.18. The monoisotopic (exact) mass is 249 g/mol. The molecule has 1 rings (SSSR count). The Bertz CT molecular complexity index is 247. The molecule has 4 nitrogen and oxygen atoms in total. The van der Waals surface area contributed by atoms with Crippen molar-refractivity contribution in [3.63, 3.8) is 0 Å². The Balaban J connectivity index is 3.33. The van der Waals surface area contributed by atoms with Crippen molar-refractivity contribution in [2.75, 3.05) is 0 Å². The Labute approximate surface area is 68.5 Å². The molecule has 0 amide bonds. The number of H-pyrrole nitrogens is 1. The summed E-state index contributed by atoms with van der Waals surface area (Å²) in [7, 11) is 0. The van der Waals surface area contributed by atoms with Crippen LogP contribution >= 0.6 is 0 Å². The number of nitrogens with zero attached hydrogens (tertiary/aromatic N) is 2. The van der Waals surface area contributed by atoms with Crippen LogP contribution in [0.2, 0.25) is 0 Å². The van der Waals surface area contributed by atoms with Crippen molar-refractivity contribution in [2.24, 2.45) is 0 Å². The van der Waals surface area contributed by atoms with Crippen molar-refractivity contribution in [1.29, 1.82) is 0 Å². The third kappa shape index (κ3) is 1.96. The number of hydrogen-bond acceptors (Lipinski definition) is 3. The first kappa shape index (κ1) is 7.04. The predicted molar refractivity (Wildman–Crippen MR) is 39.0 cm³/mol. The number of aromatic amines is 1. The van der Waals surface area contributed by atoms with Crippen LogP contribution in [0.4, 0.5) is 0 Å². The van der Waals surface area contributed by atoms with E-state index in [1.807, 2.05) is 0 Å². The summed E-state index contributed by atoms with van der Waals surface area (Å²) in [6.07, 6.45) is 0. The van der Waals surface area contributed by atoms with Gasteiger partial charge in [0.25, 0.3) is 0 Å². The number of rotatable bonds is 0. The molecule has 2 unspecified atom stereocenters. The van der Waals surface area contributed by atoms with Crippen molar-refractivity contribution in [3.8, 4) is 0 Å². The summed E-state index contributed by atoms with van der Waals surface area (Å²) in [6.45, 7) is 0. The topological polar surface area (TPSA) is 58.6 Å². The van der Waals surface area contributed by atoms with Gasteiger partial charge in [0, 0.05) is 0 Å². The van der Waals surface area contributed by atoms with Crippen LogP contribution in [0.1, 0.15) is 0 Å². The average Bonchev–Trinajstić information content (AvgIpc) is 1.59. The molecule has 2 atom stereocenters. The maximum absolute atomic E-state index is 10.5. The molecule has 0 saturated heterocycles. The van der Waals surface area contributed by atoms with Gasteiger partial charge < -0.3 is 0 Å². The van der Waals surface area contributed by atoms with E-state index in [2.05, 4.69) is 15.0 Å². The van der Waals surface area contributed by atoms with E-state index >= 15 is 0 Å². The van der Waals surface area contributed by atoms with Gasteiger partial charge in [-0.2, -0.15) is 0 Å². The third-order valence-electron chi connectivity index (χ3n) is 0.686. The first-order valence-corrected chi connectivity index (χ1v) is 4.60. The van der Waals surface area contributed by atoms with Gasteiger partial charge in [-0.3, -0.25) is 0 Å². The zero-order valence-electron chi connectivity index (χ0n) is 4.46. The van der Waals surface area contributed by atoms with Crippen molar-refractivity contribution in [2.45, 2.75) is 0 Å². The molecule has 48 valence electrons. The molecule has 0 radical (unpaired) electrons. The molecular weight excluding hydrogens is 244 g/mol. The van der Waals surface area contributed by atoms with Gasteiger partial charge in [-0.05, 0) is 0 Å². The van der Waals surface area contributed by atoms with Crippen molar-refractivity contribution < 1.29 is 0 Å². The van der Waals surface area contributed by atoms with Crippen LogP contribution in [-0.2, 0) is 0 Å². The van der Waals surface area contributed by atoms with E-state index in [1.54, 1.807) is 0 Å². The standard InChI is InChI=1S/C3H5As2N3O/c4-1-6-2(5)8-3(9)7-1/h4-5H2,(H,6,7,8,9). The van der Waals surface area contributed by atoms with Gasteiger partial charge in [0.2, 0.25) is 0 Å². The second kappa shape index (κ2) is 2.67. The Morgan fingerprint density at radius 1 is 1.33 bits per heavy atom. The fourth-order valence-corrected chi connectivity index (χ4v) is 2.15. The molecule has 0 bridgehead atoms. The summed E-state index contributed by atoms with van der Waals surface area (Å²) in [5, 5.41) is 0. The minimum absolute atomic E-state index is 0.302. The van der Waals surface area contributed by atoms with E-state index in [4.69, 9.17) is 0 Å². The summed E-state index contributed by atoms with van der Waals surface area (Å²) in [5.41, 5.74) is -0.302. The maximum atomic E-state index is 10.5. The molecule has 0 aliphatic rings. The first-order valence-electron chi connectivity index (χ1n) is 2.18. The van der Waals surface area contributed by atoms with Crippen molar-refractivity contribution in [3.05, 3.63) is 10.5 Å². The van der Waals surface area contributed by atoms with Crippen molar-refractivity contribution >= 4 is 42.9 Å². The quantitative estimate of drug-likeness (QED) is 0.473. The van der Waals surface area contributed by atoms with E-state index in [0.29, 0.717) is 9.22 Å². The van der Waals surface area contributed by atoms with Gasteiger partial charge in [-0.25, -0.2) is 0 Å². The van der Waals surface area contributed by atoms with Crippen LogP contribution in [0.25, 0.3) is 0 Å². The van der Waals surface area contributed by atoms with Gasteiger partial charge in [0.1, 0.15) is 0 Å². The van der Waals surface area contributed by atoms with Crippen LogP contribution in [-0.4, -0.2) is 48.7 Å². The number of nitrogens with one attached hydrogen (secondary N) is 1. The molecule has 0 fully saturated rings. The fraction of sp³-hybridized carbons (Fsp3) is 0. The van der Waals surface area contributed by atoms with Crippen LogP contribution in [0.5, 0.6) is 0 Å². The average molecular weight is 249 g/mol. The molecule has 0 aromatic carbocycles. The molecule has 9 heavy (non-hydrogen) atoms. The molecule has 1 heterocycles. The van der Waals surface area contributed by atoms with Crippen LogP contribution < -0.4 is 14.9 Å². The molecule has 1 aromatic rings. The summed E-state index contributed by atoms with van der Waals surface area (Å²) in [5.74, 6) is 0. The zero-order valence-corrected chi connectivity index (χ0v) is 9.30. The summed E-state index contributed by atoms with van der Waals surface area (Å²) in [6, 6.07) is 0. The Kier molecular flexibility index (Phi) is 2.09. The molecule has 0 aliphatic heterocycles. The third-order valence-corrected chi connectivity index (χ3v) is 1.80. The molecular formula is C3H5As2N3O. The van der Waals surface area contributed by atoms with Crippen LogP contribution in [0.15, 0.2) is 4.79 Å². The fourth-order valence-electron chi connectivity index (χ4n) is 0.418. The Morgan fingerprint density at radius 2 is 2.00 bits per heavy atom. The van der Waals surface area contributed by atoms with Crippen molar-refractivity contribution in [1.82, 2.24) is 15.0 Å². The van der Waals surface area contributed by atoms with Gasteiger partial charge in [-0.1, -0.05) is 0 Å². The molecule has 1 aromatic heterocycles. The molecule has 0 saturated carbocycles. The van der Waals surface area contributed by atoms with E-state index in [0.717, 1.165) is 0 Å². The second-order valence-electron chi connectivity index (χ2n) is 1.40. The predicted octanol–water partition coefficient (Wildman–Crippen LogP) is -4.32. The van der Waals surface area contributed by atoms with E-state index in [-0.39, 0.29) is 5.69 Å². The molecule has 1 N–H and O–H groups in total. The van der Waals surface area contributed by atoms with Gasteiger partial charge >= 0.3 is 68.4 Å². The van der Waals surface area contributed by atoms with Crippen LogP contribution in [0.3, 0.4) is 0 Å².